The second kappa shape index (κ2) is 24.1. The van der Waals surface area contributed by atoms with Crippen molar-refractivity contribution in [3.63, 3.8) is 0 Å². The highest BCUT2D eigenvalue weighted by molar-refractivity contribution is 7.90. The van der Waals surface area contributed by atoms with Crippen LogP contribution in [0.5, 0.6) is 0 Å². The maximum absolute atomic E-state index is 14.4. The van der Waals surface area contributed by atoms with Crippen molar-refractivity contribution in [2.75, 3.05) is 41.5 Å². The third-order valence-corrected chi connectivity index (χ3v) is 14.3. The summed E-state index contributed by atoms with van der Waals surface area (Å²) in [4.78, 5) is 87.0. The van der Waals surface area contributed by atoms with Gasteiger partial charge in [0.15, 0.2) is 0 Å². The molecule has 1 aromatic rings. The summed E-state index contributed by atoms with van der Waals surface area (Å²) in [5, 5.41) is 5.06. The Balaban J connectivity index is 1.81. The lowest BCUT2D eigenvalue weighted by Crippen LogP contribution is -2.60. The molecule has 2 fully saturated rings. The number of methoxy groups -OCH3 is 2. The van der Waals surface area contributed by atoms with Gasteiger partial charge in [0, 0.05) is 41.3 Å². The monoisotopic (exact) mass is 907 g/mol. The summed E-state index contributed by atoms with van der Waals surface area (Å²) < 4.78 is 44.7. The quantitative estimate of drug-likeness (QED) is 0.137. The molecule has 18 heteroatoms. The van der Waals surface area contributed by atoms with Crippen molar-refractivity contribution in [3.8, 4) is 0 Å². The van der Waals surface area contributed by atoms with Crippen LogP contribution < -0.4 is 15.4 Å². The van der Waals surface area contributed by atoms with E-state index in [9.17, 15) is 37.2 Å². The predicted molar refractivity (Wildman–Crippen MR) is 238 cm³/mol. The van der Waals surface area contributed by atoms with Crippen molar-refractivity contribution < 1.29 is 51.4 Å². The molecule has 1 saturated carbocycles. The molecule has 0 unspecified atom stereocenters. The minimum absolute atomic E-state index is 0.0549. The zero-order valence-electron chi connectivity index (χ0n) is 39.4. The Morgan fingerprint density at radius 2 is 1.46 bits per heavy atom. The number of nitrogens with zero attached hydrogens (tertiary/aromatic N) is 3. The van der Waals surface area contributed by atoms with E-state index >= 15 is 0 Å². The molecule has 0 bridgehead atoms. The minimum Gasteiger partial charge on any atom is -0.450 e. The highest BCUT2D eigenvalue weighted by Gasteiger charge is 2.44. The lowest BCUT2D eigenvalue weighted by molar-refractivity contribution is -0.148. The van der Waals surface area contributed by atoms with E-state index in [4.69, 9.17) is 14.2 Å². The average molecular weight is 907 g/mol. The number of amides is 6. The number of carbonyl (C=O) groups excluding carboxylic acids is 6. The molecule has 0 radical (unpaired) electrons. The SMILES string of the molecule is CCOC(=O)N(C)[C@H](C(=O)N[C@H](C(=O)N(C)[C@@H]([C@@H](C)CC)[C@@H](CC(=O)N1CCC[C@H]1[C@H](OC)[C@@H](C)C(=O)N[C@@H](Cc1ccccc1)C(=O)NS(=O)(=O)C1CC1)OC)C(C)C)C(C)C. The Kier molecular flexibility index (Phi) is 20.3. The van der Waals surface area contributed by atoms with Gasteiger partial charge in [-0.3, -0.25) is 33.6 Å². The lowest BCUT2D eigenvalue weighted by Gasteiger charge is -2.41. The fraction of sp³-hybridized carbons (Fsp3) is 0.733. The van der Waals surface area contributed by atoms with Crippen molar-refractivity contribution >= 4 is 45.7 Å². The summed E-state index contributed by atoms with van der Waals surface area (Å²) in [5.74, 6) is -4.10. The van der Waals surface area contributed by atoms with Gasteiger partial charge in [-0.2, -0.15) is 0 Å². The first-order chi connectivity index (χ1) is 29.6. The fourth-order valence-electron chi connectivity index (χ4n) is 8.58. The summed E-state index contributed by atoms with van der Waals surface area (Å²) in [5.41, 5.74) is 0.726. The first-order valence-corrected chi connectivity index (χ1v) is 23.9. The van der Waals surface area contributed by atoms with Crippen LogP contribution in [0, 0.1) is 23.7 Å². The van der Waals surface area contributed by atoms with Crippen LogP contribution in [0.1, 0.15) is 99.5 Å². The Hall–Kier alpha value is -4.29. The molecular formula is C45H74N6O11S. The Labute approximate surface area is 375 Å². The molecule has 0 spiro atoms. The van der Waals surface area contributed by atoms with Gasteiger partial charge in [0.2, 0.25) is 33.7 Å². The van der Waals surface area contributed by atoms with Gasteiger partial charge in [-0.25, -0.2) is 13.2 Å². The van der Waals surface area contributed by atoms with Crippen molar-refractivity contribution in [1.29, 1.82) is 0 Å². The average Bonchev–Trinajstić information content (AvgIpc) is 4.00. The molecule has 17 nitrogen and oxygen atoms in total. The molecular weight excluding hydrogens is 833 g/mol. The zero-order valence-corrected chi connectivity index (χ0v) is 40.2. The maximum Gasteiger partial charge on any atom is 0.410 e. The fourth-order valence-corrected chi connectivity index (χ4v) is 9.92. The number of hydrogen-bond donors (Lipinski definition) is 3. The van der Waals surface area contributed by atoms with Crippen LogP contribution in [0.4, 0.5) is 4.79 Å². The number of hydrogen-bond acceptors (Lipinski definition) is 11. The van der Waals surface area contributed by atoms with Gasteiger partial charge in [0.1, 0.15) is 18.1 Å². The van der Waals surface area contributed by atoms with Gasteiger partial charge in [0.05, 0.1) is 48.5 Å². The summed E-state index contributed by atoms with van der Waals surface area (Å²) in [6.45, 7) is 15.1. The summed E-state index contributed by atoms with van der Waals surface area (Å²) in [6.07, 6.45) is 0.548. The van der Waals surface area contributed by atoms with Crippen molar-refractivity contribution in [2.24, 2.45) is 23.7 Å². The molecule has 356 valence electrons. The zero-order chi connectivity index (χ0) is 47.3. The van der Waals surface area contributed by atoms with Crippen LogP contribution in [0.2, 0.25) is 0 Å². The molecule has 1 aliphatic heterocycles. The molecule has 1 saturated heterocycles. The molecule has 1 aromatic carbocycles. The molecule has 3 rings (SSSR count). The second-order valence-electron chi connectivity index (χ2n) is 17.8. The number of sulfonamides is 1. The third kappa shape index (κ3) is 14.1. The van der Waals surface area contributed by atoms with Gasteiger partial charge in [-0.15, -0.1) is 0 Å². The molecule has 1 aliphatic carbocycles. The molecule has 9 atom stereocenters. The van der Waals surface area contributed by atoms with Crippen LogP contribution >= 0.6 is 0 Å². The van der Waals surface area contributed by atoms with E-state index in [1.165, 1.54) is 26.2 Å². The molecule has 6 amide bonds. The van der Waals surface area contributed by atoms with Crippen molar-refractivity contribution in [2.45, 2.75) is 148 Å². The van der Waals surface area contributed by atoms with Crippen LogP contribution in [0.25, 0.3) is 0 Å². The van der Waals surface area contributed by atoms with E-state index in [1.54, 1.807) is 55.0 Å². The van der Waals surface area contributed by atoms with Crippen LogP contribution in [-0.4, -0.2) is 148 Å². The first kappa shape index (κ1) is 53.1. The summed E-state index contributed by atoms with van der Waals surface area (Å²) in [7, 11) is 2.22. The lowest BCUT2D eigenvalue weighted by atomic mass is 9.89. The first-order valence-electron chi connectivity index (χ1n) is 22.4. The summed E-state index contributed by atoms with van der Waals surface area (Å²) >= 11 is 0. The van der Waals surface area contributed by atoms with Gasteiger partial charge in [-0.05, 0) is 55.9 Å². The smallest absolute Gasteiger partial charge is 0.410 e. The van der Waals surface area contributed by atoms with Crippen LogP contribution in [0.15, 0.2) is 30.3 Å². The van der Waals surface area contributed by atoms with Crippen molar-refractivity contribution in [1.82, 2.24) is 30.1 Å². The van der Waals surface area contributed by atoms with Crippen LogP contribution in [-0.2, 0) is 54.6 Å². The van der Waals surface area contributed by atoms with E-state index in [-0.39, 0.29) is 49.0 Å². The van der Waals surface area contributed by atoms with Gasteiger partial charge < -0.3 is 34.6 Å². The number of carbonyl (C=O) groups is 6. The van der Waals surface area contributed by atoms with E-state index in [2.05, 4.69) is 15.4 Å². The number of nitrogens with one attached hydrogen (secondary N) is 3. The summed E-state index contributed by atoms with van der Waals surface area (Å²) in [6, 6.07) is 4.82. The number of benzene rings is 1. The van der Waals surface area contributed by atoms with E-state index in [1.807, 2.05) is 47.6 Å². The van der Waals surface area contributed by atoms with E-state index in [0.29, 0.717) is 38.6 Å². The Morgan fingerprint density at radius 3 is 1.98 bits per heavy atom. The van der Waals surface area contributed by atoms with Crippen LogP contribution in [0.3, 0.4) is 0 Å². The van der Waals surface area contributed by atoms with Crippen molar-refractivity contribution in [3.05, 3.63) is 35.9 Å². The highest BCUT2D eigenvalue weighted by atomic mass is 32.2. The molecule has 3 N–H and O–H groups in total. The molecule has 1 heterocycles. The number of ether oxygens (including phenoxy) is 3. The van der Waals surface area contributed by atoms with Gasteiger partial charge in [0.25, 0.3) is 5.91 Å². The molecule has 0 aromatic heterocycles. The number of rotatable bonds is 24. The maximum atomic E-state index is 14.4. The number of likely N-dealkylation sites (tertiary alicyclic amines) is 1. The second-order valence-corrected chi connectivity index (χ2v) is 19.7. The minimum atomic E-state index is -3.88. The standard InChI is InChI=1S/C45H74N6O11S/c1-13-29(7)39(49(9)44(56)37(27(3)4)47-43(55)38(28(5)6)50(10)45(57)62-14-2)35(60-11)26-36(52)51-24-18-21-34(51)40(61-12)30(8)41(53)46-33(25-31-19-16-15-17-20-31)42(54)48-63(58,59)32-22-23-32/h15-17,19-20,27-30,32-35,37-40H,13-14,18,21-26H2,1-12H3,(H,46,53)(H,47,55)(H,48,54)/t29-,30+,33-,34-,35+,37-,38-,39-,40+/m0/s1. The Morgan fingerprint density at radius 1 is 0.825 bits per heavy atom. The van der Waals surface area contributed by atoms with Gasteiger partial charge in [-0.1, -0.05) is 85.2 Å². The molecule has 2 aliphatic rings. The number of likely N-dealkylation sites (N-methyl/N-ethyl adjacent to an activating group) is 2. The third-order valence-electron chi connectivity index (χ3n) is 12.5. The largest absolute Gasteiger partial charge is 0.450 e. The highest BCUT2D eigenvalue weighted by Crippen LogP contribution is 2.30. The van der Waals surface area contributed by atoms with Gasteiger partial charge >= 0.3 is 6.09 Å². The predicted octanol–water partition coefficient (Wildman–Crippen LogP) is 3.50. The normalized spacial score (nSPS) is 19.2. The van der Waals surface area contributed by atoms with E-state index in [0.717, 1.165) is 5.56 Å². The Bertz CT molecular complexity index is 1810. The van der Waals surface area contributed by atoms with E-state index < -0.39 is 87.4 Å². The molecule has 63 heavy (non-hydrogen) atoms. The topological polar surface area (TPSA) is 210 Å².